The van der Waals surface area contributed by atoms with Gasteiger partial charge in [-0.25, -0.2) is 0 Å². The van der Waals surface area contributed by atoms with Crippen LogP contribution in [0.4, 0.5) is 0 Å². The Hall–Kier alpha value is -1.88. The Morgan fingerprint density at radius 3 is 2.70 bits per heavy atom. The highest BCUT2D eigenvalue weighted by atomic mass is 16.5. The molecule has 1 heterocycles. The molecule has 1 aromatic heterocycles. The Bertz CT molecular complexity index is 521. The lowest BCUT2D eigenvalue weighted by molar-refractivity contribution is 0.414. The van der Waals surface area contributed by atoms with Crippen LogP contribution in [0, 0.1) is 0 Å². The molecule has 1 atom stereocenters. The second-order valence-electron chi connectivity index (χ2n) is 4.87. The van der Waals surface area contributed by atoms with Crippen LogP contribution < -0.4 is 10.1 Å². The van der Waals surface area contributed by atoms with E-state index >= 15 is 0 Å². The number of hydrogen-bond donors (Lipinski definition) is 1. The van der Waals surface area contributed by atoms with Crippen molar-refractivity contribution in [3.05, 3.63) is 42.0 Å². The van der Waals surface area contributed by atoms with Gasteiger partial charge in [-0.05, 0) is 38.0 Å². The summed E-state index contributed by atoms with van der Waals surface area (Å²) in [6.07, 6.45) is 2.75. The van der Waals surface area contributed by atoms with Crippen LogP contribution in [-0.2, 0) is 19.5 Å². The molecule has 1 N–H and O–H groups in total. The van der Waals surface area contributed by atoms with Gasteiger partial charge < -0.3 is 14.6 Å². The third-order valence-electron chi connectivity index (χ3n) is 3.35. The van der Waals surface area contributed by atoms with Gasteiger partial charge in [0.2, 0.25) is 0 Å². The predicted octanol–water partition coefficient (Wildman–Crippen LogP) is 2.03. The van der Waals surface area contributed by atoms with E-state index in [4.69, 9.17) is 4.74 Å². The minimum atomic E-state index is 0.380. The van der Waals surface area contributed by atoms with Crippen LogP contribution in [0.5, 0.6) is 5.75 Å². The van der Waals surface area contributed by atoms with E-state index in [-0.39, 0.29) is 0 Å². The minimum absolute atomic E-state index is 0.380. The third-order valence-corrected chi connectivity index (χ3v) is 3.35. The topological polar surface area (TPSA) is 52.0 Å². The number of aryl methyl sites for hydroxylation is 1. The number of ether oxygens (including phenoxy) is 1. The summed E-state index contributed by atoms with van der Waals surface area (Å²) >= 11 is 0. The van der Waals surface area contributed by atoms with Gasteiger partial charge in [0.15, 0.2) is 0 Å². The Morgan fingerprint density at radius 1 is 1.30 bits per heavy atom. The molecule has 0 spiro atoms. The van der Waals surface area contributed by atoms with Crippen LogP contribution in [0.2, 0.25) is 0 Å². The van der Waals surface area contributed by atoms with Gasteiger partial charge >= 0.3 is 0 Å². The molecule has 2 rings (SSSR count). The summed E-state index contributed by atoms with van der Waals surface area (Å²) < 4.78 is 7.21. The van der Waals surface area contributed by atoms with Gasteiger partial charge in [-0.15, -0.1) is 10.2 Å². The second-order valence-corrected chi connectivity index (χ2v) is 4.87. The Kier molecular flexibility index (Phi) is 5.12. The number of nitrogens with zero attached hydrogens (tertiary/aromatic N) is 3. The quantitative estimate of drug-likeness (QED) is 0.839. The van der Waals surface area contributed by atoms with E-state index in [0.717, 1.165) is 31.1 Å². The maximum Gasteiger partial charge on any atom is 0.146 e. The highest BCUT2D eigenvalue weighted by molar-refractivity contribution is 5.27. The molecular formula is C15H22N4O. The van der Waals surface area contributed by atoms with E-state index in [0.29, 0.717) is 6.04 Å². The van der Waals surface area contributed by atoms with E-state index in [1.807, 2.05) is 16.7 Å². The first kappa shape index (κ1) is 14.5. The maximum atomic E-state index is 5.16. The molecule has 5 nitrogen and oxygen atoms in total. The number of hydrogen-bond acceptors (Lipinski definition) is 4. The molecule has 0 fully saturated rings. The average Bonchev–Trinajstić information content (AvgIpc) is 2.93. The Morgan fingerprint density at radius 2 is 2.05 bits per heavy atom. The summed E-state index contributed by atoms with van der Waals surface area (Å²) in [5.74, 6) is 1.87. The number of methoxy groups -OCH3 is 1. The zero-order valence-electron chi connectivity index (χ0n) is 12.3. The average molecular weight is 274 g/mol. The Labute approximate surface area is 120 Å². The lowest BCUT2D eigenvalue weighted by Gasteiger charge is -2.14. The summed E-state index contributed by atoms with van der Waals surface area (Å²) in [4.78, 5) is 0. The normalized spacial score (nSPS) is 12.3. The molecule has 0 amide bonds. The van der Waals surface area contributed by atoms with Gasteiger partial charge in [-0.3, -0.25) is 0 Å². The predicted molar refractivity (Wildman–Crippen MR) is 78.7 cm³/mol. The molecule has 5 heteroatoms. The first-order chi connectivity index (χ1) is 9.72. The van der Waals surface area contributed by atoms with Crippen LogP contribution in [0.1, 0.15) is 25.2 Å². The number of rotatable bonds is 7. The second kappa shape index (κ2) is 7.05. The van der Waals surface area contributed by atoms with Crippen LogP contribution in [0.3, 0.4) is 0 Å². The largest absolute Gasteiger partial charge is 0.497 e. The molecule has 0 radical (unpaired) electrons. The van der Waals surface area contributed by atoms with Gasteiger partial charge in [0.1, 0.15) is 17.9 Å². The number of benzene rings is 1. The van der Waals surface area contributed by atoms with Crippen molar-refractivity contribution in [2.24, 2.45) is 0 Å². The third kappa shape index (κ3) is 3.81. The smallest absolute Gasteiger partial charge is 0.146 e. The van der Waals surface area contributed by atoms with Crippen molar-refractivity contribution < 1.29 is 4.74 Å². The fourth-order valence-electron chi connectivity index (χ4n) is 2.13. The van der Waals surface area contributed by atoms with Gasteiger partial charge in [-0.1, -0.05) is 12.1 Å². The molecule has 20 heavy (non-hydrogen) atoms. The molecule has 108 valence electrons. The summed E-state index contributed by atoms with van der Waals surface area (Å²) in [5.41, 5.74) is 1.29. The van der Waals surface area contributed by atoms with Gasteiger partial charge in [0.05, 0.1) is 13.7 Å². The van der Waals surface area contributed by atoms with Gasteiger partial charge in [0, 0.05) is 12.6 Å². The lowest BCUT2D eigenvalue weighted by atomic mass is 10.1. The zero-order chi connectivity index (χ0) is 14.4. The van der Waals surface area contributed by atoms with E-state index in [2.05, 4.69) is 41.5 Å². The molecule has 2 aromatic rings. The molecule has 0 aliphatic heterocycles. The van der Waals surface area contributed by atoms with Gasteiger partial charge in [-0.2, -0.15) is 0 Å². The van der Waals surface area contributed by atoms with Crippen LogP contribution in [0.25, 0.3) is 0 Å². The fraction of sp³-hybridized carbons (Fsp3) is 0.467. The molecule has 0 saturated carbocycles. The van der Waals surface area contributed by atoms with Crippen molar-refractivity contribution in [1.82, 2.24) is 20.1 Å². The molecule has 0 aliphatic rings. The van der Waals surface area contributed by atoms with Crippen molar-refractivity contribution in [2.75, 3.05) is 7.11 Å². The summed E-state index contributed by atoms with van der Waals surface area (Å²) in [6, 6.07) is 8.58. The number of aromatic nitrogens is 3. The fourth-order valence-corrected chi connectivity index (χ4v) is 2.13. The zero-order valence-corrected chi connectivity index (χ0v) is 12.3. The molecule has 0 saturated heterocycles. The standard InChI is InChI=1S/C15H22N4O/c1-4-19-11-17-18-15(19)10-16-12(2)9-13-5-7-14(20-3)8-6-13/h5-8,11-12,16H,4,9-10H2,1-3H3. The molecule has 0 bridgehead atoms. The van der Waals surface area contributed by atoms with Crippen LogP contribution in [-0.4, -0.2) is 27.9 Å². The van der Waals surface area contributed by atoms with Crippen molar-refractivity contribution in [2.45, 2.75) is 39.4 Å². The van der Waals surface area contributed by atoms with Crippen LogP contribution in [0.15, 0.2) is 30.6 Å². The van der Waals surface area contributed by atoms with Crippen LogP contribution >= 0.6 is 0 Å². The van der Waals surface area contributed by atoms with Gasteiger partial charge in [0.25, 0.3) is 0 Å². The number of nitrogens with one attached hydrogen (secondary N) is 1. The maximum absolute atomic E-state index is 5.16. The highest BCUT2D eigenvalue weighted by Gasteiger charge is 2.07. The summed E-state index contributed by atoms with van der Waals surface area (Å²) in [7, 11) is 1.68. The monoisotopic (exact) mass is 274 g/mol. The van der Waals surface area contributed by atoms with Crippen molar-refractivity contribution in [3.63, 3.8) is 0 Å². The van der Waals surface area contributed by atoms with E-state index in [1.165, 1.54) is 5.56 Å². The lowest BCUT2D eigenvalue weighted by Crippen LogP contribution is -2.28. The van der Waals surface area contributed by atoms with E-state index in [1.54, 1.807) is 13.4 Å². The molecule has 1 unspecified atom stereocenters. The minimum Gasteiger partial charge on any atom is -0.497 e. The highest BCUT2D eigenvalue weighted by Crippen LogP contribution is 2.12. The molecular weight excluding hydrogens is 252 g/mol. The van der Waals surface area contributed by atoms with E-state index in [9.17, 15) is 0 Å². The summed E-state index contributed by atoms with van der Waals surface area (Å²) in [5, 5.41) is 11.5. The van der Waals surface area contributed by atoms with Crippen molar-refractivity contribution >= 4 is 0 Å². The molecule has 1 aromatic carbocycles. The summed E-state index contributed by atoms with van der Waals surface area (Å²) in [6.45, 7) is 5.91. The SMILES string of the molecule is CCn1cnnc1CNC(C)Cc1ccc(OC)cc1. The van der Waals surface area contributed by atoms with Crippen molar-refractivity contribution in [1.29, 1.82) is 0 Å². The Balaban J connectivity index is 1.84. The first-order valence-electron chi connectivity index (χ1n) is 6.96. The molecule has 0 aliphatic carbocycles. The first-order valence-corrected chi connectivity index (χ1v) is 6.96. The van der Waals surface area contributed by atoms with Crippen molar-refractivity contribution in [3.8, 4) is 5.75 Å². The van der Waals surface area contributed by atoms with E-state index < -0.39 is 0 Å².